The summed E-state index contributed by atoms with van der Waals surface area (Å²) in [6.45, 7) is 0. The quantitative estimate of drug-likeness (QED) is 0.349. The van der Waals surface area contributed by atoms with Gasteiger partial charge in [0.25, 0.3) is 0 Å². The van der Waals surface area contributed by atoms with Crippen LogP contribution in [0.2, 0.25) is 5.02 Å². The van der Waals surface area contributed by atoms with Gasteiger partial charge in [-0.25, -0.2) is 0 Å². The van der Waals surface area contributed by atoms with Gasteiger partial charge in [0, 0.05) is 10.7 Å². The molecule has 2 unspecified atom stereocenters. The summed E-state index contributed by atoms with van der Waals surface area (Å²) in [7, 11) is 0. The maximum atomic E-state index is 14.2. The van der Waals surface area contributed by atoms with Gasteiger partial charge >= 0.3 is 0 Å². The van der Waals surface area contributed by atoms with Crippen molar-refractivity contribution in [1.29, 1.82) is 0 Å². The van der Waals surface area contributed by atoms with E-state index in [1.807, 2.05) is 83.8 Å². The Labute approximate surface area is 198 Å². The van der Waals surface area contributed by atoms with E-state index in [-0.39, 0.29) is 18.0 Å². The lowest BCUT2D eigenvalue weighted by Crippen LogP contribution is -2.75. The van der Waals surface area contributed by atoms with E-state index >= 15 is 0 Å². The molecule has 0 bridgehead atoms. The second kappa shape index (κ2) is 7.72. The summed E-state index contributed by atoms with van der Waals surface area (Å²) >= 11 is 6.15. The van der Waals surface area contributed by atoms with Crippen molar-refractivity contribution < 1.29 is 4.79 Å². The first-order valence-corrected chi connectivity index (χ1v) is 11.4. The number of anilines is 1. The first-order chi connectivity index (χ1) is 16.2. The van der Waals surface area contributed by atoms with E-state index in [4.69, 9.17) is 16.6 Å². The average molecular weight is 449 g/mol. The Morgan fingerprint density at radius 3 is 1.76 bits per heavy atom. The maximum absolute atomic E-state index is 14.2. The molecule has 0 spiro atoms. The van der Waals surface area contributed by atoms with Gasteiger partial charge in [0.05, 0.1) is 11.8 Å². The van der Waals surface area contributed by atoms with Crippen molar-refractivity contribution in [3.8, 4) is 0 Å². The summed E-state index contributed by atoms with van der Waals surface area (Å²) in [5.41, 5.74) is 4.16. The Kier molecular flexibility index (Phi) is 4.67. The molecule has 0 aromatic heterocycles. The zero-order chi connectivity index (χ0) is 22.4. The first kappa shape index (κ1) is 20.0. The highest BCUT2D eigenvalue weighted by atomic mass is 35.5. The molecule has 4 heteroatoms. The number of aliphatic imine (C=N–C) groups is 1. The van der Waals surface area contributed by atoms with Crippen LogP contribution in [0.25, 0.3) is 0 Å². The van der Waals surface area contributed by atoms with Gasteiger partial charge in [-0.3, -0.25) is 9.79 Å². The summed E-state index contributed by atoms with van der Waals surface area (Å²) in [5, 5.41) is 0.647. The monoisotopic (exact) mass is 448 g/mol. The van der Waals surface area contributed by atoms with Crippen LogP contribution in [0.5, 0.6) is 0 Å². The molecule has 4 aromatic carbocycles. The molecule has 1 amide bonds. The third-order valence-corrected chi connectivity index (χ3v) is 6.95. The number of halogens is 1. The van der Waals surface area contributed by atoms with Crippen LogP contribution in [-0.2, 0) is 10.2 Å². The molecule has 0 aliphatic carbocycles. The number of amides is 1. The van der Waals surface area contributed by atoms with Crippen molar-refractivity contribution in [2.24, 2.45) is 4.99 Å². The molecule has 2 aliphatic heterocycles. The van der Waals surface area contributed by atoms with Crippen LogP contribution >= 0.6 is 11.6 Å². The molecule has 3 nitrogen and oxygen atoms in total. The molecule has 0 N–H and O–H groups in total. The van der Waals surface area contributed by atoms with E-state index in [9.17, 15) is 4.79 Å². The van der Waals surface area contributed by atoms with Crippen LogP contribution in [-0.4, -0.2) is 23.7 Å². The molecule has 2 atom stereocenters. The van der Waals surface area contributed by atoms with Gasteiger partial charge in [-0.05, 0) is 41.0 Å². The first-order valence-electron chi connectivity index (χ1n) is 11.0. The molecule has 1 fully saturated rings. The minimum atomic E-state index is -0.813. The average Bonchev–Trinajstić information content (AvgIpc) is 3.66. The maximum Gasteiger partial charge on any atom is 0.244 e. The SMILES string of the molecule is O=C1N(c2ccc(Cl)cc2)C(C2N=C2c2ccccc2)C1(c1ccccc1)c1ccccc1. The number of hydrogen-bond donors (Lipinski definition) is 0. The number of rotatable bonds is 5. The fourth-order valence-corrected chi connectivity index (χ4v) is 5.30. The highest BCUT2D eigenvalue weighted by molar-refractivity contribution is 6.30. The topological polar surface area (TPSA) is 32.7 Å². The number of carbonyl (C=O) groups is 1. The van der Waals surface area contributed by atoms with E-state index < -0.39 is 5.41 Å². The lowest BCUT2D eigenvalue weighted by atomic mass is 9.59. The summed E-state index contributed by atoms with van der Waals surface area (Å²) in [4.78, 5) is 21.0. The lowest BCUT2D eigenvalue weighted by molar-refractivity contribution is -0.130. The Morgan fingerprint density at radius 2 is 1.21 bits per heavy atom. The fraction of sp³-hybridized carbons (Fsp3) is 0.103. The Balaban J connectivity index is 1.52. The van der Waals surface area contributed by atoms with Crippen LogP contribution < -0.4 is 4.90 Å². The number of benzene rings is 4. The molecular formula is C29H21ClN2O. The summed E-state index contributed by atoms with van der Waals surface area (Å²) in [5.74, 6) is 0.0572. The molecule has 0 radical (unpaired) electrons. The summed E-state index contributed by atoms with van der Waals surface area (Å²) < 4.78 is 0. The van der Waals surface area contributed by atoms with Crippen LogP contribution in [0.4, 0.5) is 5.69 Å². The molecule has 33 heavy (non-hydrogen) atoms. The third kappa shape index (κ3) is 3.04. The Morgan fingerprint density at radius 1 is 0.697 bits per heavy atom. The molecule has 2 aliphatic rings. The second-order valence-electron chi connectivity index (χ2n) is 8.46. The van der Waals surface area contributed by atoms with Crippen molar-refractivity contribution in [2.75, 3.05) is 4.90 Å². The predicted octanol–water partition coefficient (Wildman–Crippen LogP) is 5.91. The smallest absolute Gasteiger partial charge is 0.244 e. The van der Waals surface area contributed by atoms with Crippen LogP contribution in [0, 0.1) is 0 Å². The van der Waals surface area contributed by atoms with E-state index in [2.05, 4.69) is 36.4 Å². The molecule has 4 aromatic rings. The van der Waals surface area contributed by atoms with Gasteiger partial charge in [0.2, 0.25) is 5.91 Å². The molecule has 0 saturated carbocycles. The van der Waals surface area contributed by atoms with Crippen molar-refractivity contribution >= 4 is 28.9 Å². The second-order valence-corrected chi connectivity index (χ2v) is 8.90. The van der Waals surface area contributed by atoms with Gasteiger partial charge < -0.3 is 4.90 Å². The Hall–Kier alpha value is -3.69. The lowest BCUT2D eigenvalue weighted by Gasteiger charge is -2.56. The van der Waals surface area contributed by atoms with Gasteiger partial charge in [-0.1, -0.05) is 103 Å². The van der Waals surface area contributed by atoms with E-state index in [1.54, 1.807) is 0 Å². The van der Waals surface area contributed by atoms with Gasteiger partial charge in [0.1, 0.15) is 11.5 Å². The predicted molar refractivity (Wildman–Crippen MR) is 133 cm³/mol. The van der Waals surface area contributed by atoms with E-state index in [0.29, 0.717) is 5.02 Å². The molecule has 6 rings (SSSR count). The number of β-lactam (4-membered cyclic amide) rings is 1. The van der Waals surface area contributed by atoms with E-state index in [0.717, 1.165) is 28.1 Å². The number of carbonyl (C=O) groups excluding carboxylic acids is 1. The number of hydrogen-bond acceptors (Lipinski definition) is 2. The molecule has 1 saturated heterocycles. The normalized spacial score (nSPS) is 20.7. The minimum absolute atomic E-state index is 0.0572. The van der Waals surface area contributed by atoms with Crippen LogP contribution in [0.1, 0.15) is 16.7 Å². The highest BCUT2D eigenvalue weighted by Crippen LogP contribution is 2.53. The highest BCUT2D eigenvalue weighted by Gasteiger charge is 2.68. The molecular weight excluding hydrogens is 428 g/mol. The Bertz CT molecular complexity index is 1300. The van der Waals surface area contributed by atoms with Crippen molar-refractivity contribution in [2.45, 2.75) is 17.5 Å². The zero-order valence-corrected chi connectivity index (χ0v) is 18.6. The molecule has 160 valence electrons. The van der Waals surface area contributed by atoms with Gasteiger partial charge in [-0.15, -0.1) is 0 Å². The van der Waals surface area contributed by atoms with E-state index in [1.165, 1.54) is 0 Å². The van der Waals surface area contributed by atoms with Gasteiger partial charge in [-0.2, -0.15) is 0 Å². The van der Waals surface area contributed by atoms with Crippen LogP contribution in [0.3, 0.4) is 0 Å². The number of nitrogens with zero attached hydrogens (tertiary/aromatic N) is 2. The summed E-state index contributed by atoms with van der Waals surface area (Å²) in [6, 6.07) is 37.7. The standard InChI is InChI=1S/C29H21ClN2O/c30-23-16-18-24(19-17-23)32-27(26-25(31-26)20-10-4-1-5-11-20)29(28(32)33,21-12-6-2-7-13-21)22-14-8-3-9-15-22/h1-19,26-27H. The fourth-order valence-electron chi connectivity index (χ4n) is 5.17. The van der Waals surface area contributed by atoms with Crippen molar-refractivity contribution in [1.82, 2.24) is 0 Å². The van der Waals surface area contributed by atoms with Crippen LogP contribution in [0.15, 0.2) is 120 Å². The summed E-state index contributed by atoms with van der Waals surface area (Å²) in [6.07, 6.45) is 0. The third-order valence-electron chi connectivity index (χ3n) is 6.70. The minimum Gasteiger partial charge on any atom is -0.304 e. The zero-order valence-electron chi connectivity index (χ0n) is 17.8. The molecule has 2 heterocycles. The van der Waals surface area contributed by atoms with Gasteiger partial charge in [0.15, 0.2) is 0 Å². The van der Waals surface area contributed by atoms with Crippen molar-refractivity contribution in [3.63, 3.8) is 0 Å². The largest absolute Gasteiger partial charge is 0.304 e. The van der Waals surface area contributed by atoms with Crippen molar-refractivity contribution in [3.05, 3.63) is 137 Å².